The van der Waals surface area contributed by atoms with Crippen molar-refractivity contribution in [3.63, 3.8) is 0 Å². The van der Waals surface area contributed by atoms with E-state index in [0.29, 0.717) is 52.1 Å². The van der Waals surface area contributed by atoms with E-state index in [1.165, 1.54) is 13.8 Å². The van der Waals surface area contributed by atoms with Crippen LogP contribution in [-0.2, 0) is 131 Å². The molecule has 0 N–H and O–H groups in total. The number of hydrogen-bond donors (Lipinski definition) is 0. The number of rotatable bonds is 20. The summed E-state index contributed by atoms with van der Waals surface area (Å²) in [6.45, 7) is 9.44. The molecule has 436 valence electrons. The first-order chi connectivity index (χ1) is 31.4. The van der Waals surface area contributed by atoms with Crippen LogP contribution in [0.3, 0.4) is 0 Å². The monoisotopic (exact) mass is 1320 g/mol. The molecule has 0 radical (unpaired) electrons. The molecule has 0 aromatic carbocycles. The van der Waals surface area contributed by atoms with Gasteiger partial charge in [0.15, 0.2) is 0 Å². The molecule has 0 aliphatic carbocycles. The Morgan fingerprint density at radius 3 is 0.446 bits per heavy atom. The number of carbonyl (C=O) groups excluding carboxylic acids is 6. The van der Waals surface area contributed by atoms with Crippen LogP contribution in [0, 0.1) is 33.5 Å². The minimum Gasteiger partial charge on any atom is -0.854 e. The quantitative estimate of drug-likeness (QED) is 0.102. The molecule has 0 heterocycles. The predicted molar refractivity (Wildman–Crippen MR) is 203 cm³/mol. The summed E-state index contributed by atoms with van der Waals surface area (Å²) in [6, 6.07) is 3.50. The molecule has 0 rings (SSSR count). The van der Waals surface area contributed by atoms with Crippen molar-refractivity contribution in [3.05, 3.63) is 0 Å². The smallest absolute Gasteiger partial charge is 0.854 e. The van der Waals surface area contributed by atoms with Crippen LogP contribution in [0.25, 0.3) is 0 Å². The average Bonchev–Trinajstić information content (AvgIpc) is 3.21. The Morgan fingerprint density at radius 2 is 0.419 bits per heavy atom. The third kappa shape index (κ3) is 208. The molecule has 0 bridgehead atoms. The molecule has 0 atom stereocenters. The molecule has 0 spiro atoms. The van der Waals surface area contributed by atoms with Crippen molar-refractivity contribution in [2.24, 2.45) is 10.8 Å². The van der Waals surface area contributed by atoms with Crippen molar-refractivity contribution >= 4 is 35.8 Å². The van der Waals surface area contributed by atoms with Gasteiger partial charge in [0.2, 0.25) is 0 Å². The topological polar surface area (TPSA) is 572 Å². The predicted octanol–water partition coefficient (Wildman–Crippen LogP) is -18.8. The van der Waals surface area contributed by atoms with E-state index >= 15 is 0 Å². The minimum atomic E-state index is -1.08. The zero-order chi connectivity index (χ0) is 57.2. The van der Waals surface area contributed by atoms with Crippen molar-refractivity contribution in [1.82, 2.24) is 9.80 Å². The molecule has 34 heteroatoms. The average molecular weight is 1320 g/mol. The standard InChI is InChI=1S/2C6H12NO3.2C6H11O3.2C2H3N.6C2H4O2.6Mn/c2*8-4-1-7(2-5-9)3-6-10;2*1-2-6(3-7,4-8)5-9;2*1-2-3;6*1-2(3)4;;;;;;/h2*1-6H2;2*2-5H2,1H3;2*1H3;6*1H3,(H,3,4);;;;;;/q4*-3;;;;;;;;;6*+3/p-6. The fourth-order valence-electron chi connectivity index (χ4n) is 2.31. The molecule has 0 unspecified atom stereocenters. The van der Waals surface area contributed by atoms with Crippen LogP contribution in [0.15, 0.2) is 0 Å². The van der Waals surface area contributed by atoms with Gasteiger partial charge in [-0.05, 0) is 80.8 Å². The fraction of sp³-hybridized carbons (Fsp3) is 0.800. The van der Waals surface area contributed by atoms with E-state index in [9.17, 15) is 61.3 Å². The maximum absolute atomic E-state index is 10.2. The van der Waals surface area contributed by atoms with E-state index in [4.69, 9.17) is 69.9 Å². The third-order valence-corrected chi connectivity index (χ3v) is 5.78. The Balaban J connectivity index is -0.0000000294. The van der Waals surface area contributed by atoms with Gasteiger partial charge in [0.25, 0.3) is 0 Å². The second kappa shape index (κ2) is 111. The summed E-state index contributed by atoms with van der Waals surface area (Å²) < 4.78 is 0. The summed E-state index contributed by atoms with van der Waals surface area (Å²) >= 11 is 0. The molecule has 0 aliphatic heterocycles. The Morgan fingerprint density at radius 1 is 0.338 bits per heavy atom. The molecule has 0 aromatic heterocycles. The summed E-state index contributed by atoms with van der Waals surface area (Å²) in [7, 11) is 0. The number of carboxylic acid groups (broad SMARTS) is 6. The molecule has 74 heavy (non-hydrogen) atoms. The Bertz CT molecular complexity index is 933. The van der Waals surface area contributed by atoms with Gasteiger partial charge in [-0.25, -0.2) is 0 Å². The van der Waals surface area contributed by atoms with E-state index in [0.717, 1.165) is 41.5 Å². The van der Waals surface area contributed by atoms with E-state index in [2.05, 4.69) is 0 Å². The Labute approximate surface area is 499 Å². The largest absolute Gasteiger partial charge is 3.00 e. The van der Waals surface area contributed by atoms with Crippen molar-refractivity contribution in [3.8, 4) is 12.1 Å². The molecule has 0 amide bonds. The normalized spacial score (nSPS) is 8.08. The van der Waals surface area contributed by atoms with Crippen LogP contribution in [0.4, 0.5) is 0 Å². The number of carboxylic acids is 6. The van der Waals surface area contributed by atoms with Crippen LogP contribution in [0.5, 0.6) is 0 Å². The second-order valence-corrected chi connectivity index (χ2v) is 11.9. The van der Waals surface area contributed by atoms with Crippen LogP contribution in [0.1, 0.15) is 82.1 Å². The van der Waals surface area contributed by atoms with E-state index in [-0.39, 0.29) is 142 Å². The summed E-state index contributed by atoms with van der Waals surface area (Å²) in [5, 5.41) is 190. The first kappa shape index (κ1) is 125. The van der Waals surface area contributed by atoms with Gasteiger partial charge in [-0.2, -0.15) is 10.5 Å². The molecule has 0 aromatic rings. The number of nitrogens with zero attached hydrogens (tertiary/aromatic N) is 4. The van der Waals surface area contributed by atoms with E-state index in [1.807, 2.05) is 0 Å². The summed E-state index contributed by atoms with van der Waals surface area (Å²) in [5.41, 5.74) is -2.00. The minimum absolute atomic E-state index is 0. The number of carbonyl (C=O) groups is 6. The second-order valence-electron chi connectivity index (χ2n) is 11.9. The van der Waals surface area contributed by atoms with Gasteiger partial charge in [-0.3, -0.25) is 0 Å². The molecule has 0 saturated heterocycles. The molecule has 0 fully saturated rings. The van der Waals surface area contributed by atoms with Gasteiger partial charge < -0.3 is 130 Å². The zero-order valence-corrected chi connectivity index (χ0v) is 50.1. The first-order valence-corrected chi connectivity index (χ1v) is 19.5. The van der Waals surface area contributed by atoms with Gasteiger partial charge in [0.1, 0.15) is 0 Å². The first-order valence-electron chi connectivity index (χ1n) is 19.5. The van der Waals surface area contributed by atoms with Crippen LogP contribution in [-0.4, -0.2) is 164 Å². The summed E-state index contributed by atoms with van der Waals surface area (Å²) in [5.74, 6) is -6.50. The maximum atomic E-state index is 10.2. The fourth-order valence-corrected chi connectivity index (χ4v) is 2.31. The molecule has 0 saturated carbocycles. The van der Waals surface area contributed by atoms with Crippen LogP contribution >= 0.6 is 0 Å². The molecular formula is C40H70Mn6N4O24. The SMILES string of the molecule is CC#N.CC#N.CC(=O)[O-].CC(=O)[O-].CC(=O)[O-].CC(=O)[O-].CC(=O)[O-].CC(=O)[O-].CCC(C[O-])(C[O-])C[O-].CCC(C[O-])(C[O-])C[O-].[Mn+3].[Mn+3].[Mn+3].[Mn+3].[Mn+3].[Mn+3].[O-]CCN(CC[O-])CC[O-].[O-]CCN(CC[O-])CC[O-]. The summed E-state index contributed by atoms with van der Waals surface area (Å²) in [4.78, 5) is 56.5. The number of nitriles is 2. The van der Waals surface area contributed by atoms with Crippen molar-refractivity contribution in [1.29, 1.82) is 10.5 Å². The zero-order valence-electron chi connectivity index (χ0n) is 43.0. The van der Waals surface area contributed by atoms with E-state index < -0.39 is 86.3 Å². The van der Waals surface area contributed by atoms with Gasteiger partial charge in [0.05, 0.1) is 12.1 Å². The van der Waals surface area contributed by atoms with Gasteiger partial charge in [0, 0.05) is 49.7 Å². The Kier molecular flexibility index (Phi) is 187. The van der Waals surface area contributed by atoms with Gasteiger partial charge in [-0.15, -0.1) is 79.3 Å². The van der Waals surface area contributed by atoms with Crippen LogP contribution < -0.4 is 91.9 Å². The van der Waals surface area contributed by atoms with Crippen LogP contribution in [0.2, 0.25) is 0 Å². The van der Waals surface area contributed by atoms with E-state index in [1.54, 1.807) is 35.8 Å². The molecule has 28 nitrogen and oxygen atoms in total. The van der Waals surface area contributed by atoms with Crippen molar-refractivity contribution < 1.29 is 223 Å². The summed E-state index contributed by atoms with van der Waals surface area (Å²) in [6.07, 6.45) is 0.812. The third-order valence-electron chi connectivity index (χ3n) is 5.78. The van der Waals surface area contributed by atoms with Crippen molar-refractivity contribution in [2.75, 3.05) is 119 Å². The van der Waals surface area contributed by atoms with Gasteiger partial charge >= 0.3 is 102 Å². The Hall–Kier alpha value is -1.64. The number of hydrogen-bond acceptors (Lipinski definition) is 28. The van der Waals surface area contributed by atoms with Crippen molar-refractivity contribution in [2.45, 2.75) is 82.1 Å². The molecular weight excluding hydrogens is 1250 g/mol. The molecule has 0 aliphatic rings. The maximum Gasteiger partial charge on any atom is 3.00 e. The van der Waals surface area contributed by atoms with Gasteiger partial charge in [-0.1, -0.05) is 37.5 Å². The number of aliphatic carboxylic acids is 6.